The van der Waals surface area contributed by atoms with Gasteiger partial charge in [-0.2, -0.15) is 0 Å². The van der Waals surface area contributed by atoms with Gasteiger partial charge in [-0.3, -0.25) is 4.79 Å². The quantitative estimate of drug-likeness (QED) is 0.609. The zero-order chi connectivity index (χ0) is 14.0. The molecule has 0 radical (unpaired) electrons. The molecule has 1 N–H and O–H groups in total. The van der Waals surface area contributed by atoms with Gasteiger partial charge in [0.2, 0.25) is 5.91 Å². The average Bonchev–Trinajstić information content (AvgIpc) is 2.36. The first kappa shape index (κ1) is 17.4. The fourth-order valence-electron chi connectivity index (χ4n) is 1.37. The zero-order valence-corrected chi connectivity index (χ0v) is 12.8. The van der Waals surface area contributed by atoms with E-state index in [9.17, 15) is 4.79 Å². The van der Waals surface area contributed by atoms with Gasteiger partial charge in [0, 0.05) is 25.2 Å². The minimum Gasteiger partial charge on any atom is -0.381 e. The van der Waals surface area contributed by atoms with Gasteiger partial charge in [-0.15, -0.1) is 0 Å². The lowest BCUT2D eigenvalue weighted by Gasteiger charge is -2.21. The van der Waals surface area contributed by atoms with Crippen LogP contribution in [0.1, 0.15) is 60.3 Å². The summed E-state index contributed by atoms with van der Waals surface area (Å²) in [7, 11) is 0. The highest BCUT2D eigenvalue weighted by Gasteiger charge is 2.24. The lowest BCUT2D eigenvalue weighted by atomic mass is 9.89. The first-order valence-corrected chi connectivity index (χ1v) is 7.30. The molecule has 0 saturated heterocycles. The molecule has 0 saturated carbocycles. The van der Waals surface area contributed by atoms with Crippen LogP contribution in [-0.4, -0.2) is 25.7 Å². The van der Waals surface area contributed by atoms with Crippen LogP contribution in [0.2, 0.25) is 0 Å². The molecule has 0 aliphatic rings. The number of rotatable bonds is 10. The van der Waals surface area contributed by atoms with Crippen LogP contribution < -0.4 is 5.32 Å². The van der Waals surface area contributed by atoms with Gasteiger partial charge in [-0.1, -0.05) is 41.0 Å². The standard InChI is InChI=1S/C15H31NO2/c1-6-13(3)9-12-18-11-8-10-16-14(17)15(4,5)7-2/h13H,6-12H2,1-5H3,(H,16,17). The van der Waals surface area contributed by atoms with Gasteiger partial charge in [0.05, 0.1) is 0 Å². The zero-order valence-electron chi connectivity index (χ0n) is 12.8. The summed E-state index contributed by atoms with van der Waals surface area (Å²) in [5.74, 6) is 0.889. The molecule has 0 heterocycles. The normalized spacial score (nSPS) is 13.4. The van der Waals surface area contributed by atoms with Gasteiger partial charge in [0.25, 0.3) is 0 Å². The third-order valence-corrected chi connectivity index (χ3v) is 3.70. The van der Waals surface area contributed by atoms with Crippen molar-refractivity contribution in [1.82, 2.24) is 5.32 Å². The van der Waals surface area contributed by atoms with Crippen LogP contribution in [0.3, 0.4) is 0 Å². The Bertz CT molecular complexity index is 227. The summed E-state index contributed by atoms with van der Waals surface area (Å²) in [5, 5.41) is 2.97. The highest BCUT2D eigenvalue weighted by molar-refractivity contribution is 5.81. The van der Waals surface area contributed by atoms with Gasteiger partial charge >= 0.3 is 0 Å². The van der Waals surface area contributed by atoms with Crippen molar-refractivity contribution in [2.24, 2.45) is 11.3 Å². The minimum absolute atomic E-state index is 0.143. The van der Waals surface area contributed by atoms with E-state index >= 15 is 0 Å². The van der Waals surface area contributed by atoms with E-state index in [1.165, 1.54) is 6.42 Å². The van der Waals surface area contributed by atoms with Crippen LogP contribution in [0, 0.1) is 11.3 Å². The summed E-state index contributed by atoms with van der Waals surface area (Å²) in [6.45, 7) is 12.7. The summed E-state index contributed by atoms with van der Waals surface area (Å²) in [6, 6.07) is 0. The molecule has 108 valence electrons. The molecule has 1 amide bonds. The van der Waals surface area contributed by atoms with Crippen molar-refractivity contribution in [2.45, 2.75) is 60.3 Å². The van der Waals surface area contributed by atoms with Gasteiger partial charge in [0.15, 0.2) is 0 Å². The monoisotopic (exact) mass is 257 g/mol. The number of hydrogen-bond acceptors (Lipinski definition) is 2. The number of hydrogen-bond donors (Lipinski definition) is 1. The van der Waals surface area contributed by atoms with Crippen molar-refractivity contribution in [3.63, 3.8) is 0 Å². The van der Waals surface area contributed by atoms with Crippen molar-refractivity contribution in [3.05, 3.63) is 0 Å². The summed E-state index contributed by atoms with van der Waals surface area (Å²) < 4.78 is 5.55. The molecular weight excluding hydrogens is 226 g/mol. The molecule has 0 aliphatic heterocycles. The molecule has 0 spiro atoms. The lowest BCUT2D eigenvalue weighted by Crippen LogP contribution is -2.37. The topological polar surface area (TPSA) is 38.3 Å². The summed E-state index contributed by atoms with van der Waals surface area (Å²) in [5.41, 5.74) is -0.253. The Hall–Kier alpha value is -0.570. The average molecular weight is 257 g/mol. The second-order valence-electron chi connectivity index (χ2n) is 5.76. The van der Waals surface area contributed by atoms with Crippen molar-refractivity contribution >= 4 is 5.91 Å². The van der Waals surface area contributed by atoms with Crippen LogP contribution in [0.5, 0.6) is 0 Å². The number of amides is 1. The Kier molecular flexibility index (Phi) is 9.08. The van der Waals surface area contributed by atoms with E-state index in [0.717, 1.165) is 38.4 Å². The lowest BCUT2D eigenvalue weighted by molar-refractivity contribution is -0.129. The number of ether oxygens (including phenoxy) is 1. The predicted octanol–water partition coefficient (Wildman–Crippen LogP) is 3.38. The molecule has 3 heteroatoms. The third-order valence-electron chi connectivity index (χ3n) is 3.70. The molecule has 0 aromatic heterocycles. The predicted molar refractivity (Wildman–Crippen MR) is 76.6 cm³/mol. The molecule has 0 bridgehead atoms. The first-order valence-electron chi connectivity index (χ1n) is 7.30. The Morgan fingerprint density at radius 1 is 1.28 bits per heavy atom. The largest absolute Gasteiger partial charge is 0.381 e. The molecule has 0 aromatic rings. The van der Waals surface area contributed by atoms with E-state index in [1.807, 2.05) is 20.8 Å². The molecule has 0 aliphatic carbocycles. The molecular formula is C15H31NO2. The Labute approximate surface area is 113 Å². The van der Waals surface area contributed by atoms with Crippen LogP contribution in [0.15, 0.2) is 0 Å². The van der Waals surface area contributed by atoms with Gasteiger partial charge < -0.3 is 10.1 Å². The maximum atomic E-state index is 11.8. The Morgan fingerprint density at radius 3 is 2.50 bits per heavy atom. The highest BCUT2D eigenvalue weighted by atomic mass is 16.5. The van der Waals surface area contributed by atoms with Crippen LogP contribution >= 0.6 is 0 Å². The van der Waals surface area contributed by atoms with E-state index in [1.54, 1.807) is 0 Å². The summed E-state index contributed by atoms with van der Waals surface area (Å²) in [4.78, 5) is 11.8. The number of carbonyl (C=O) groups is 1. The van der Waals surface area contributed by atoms with Crippen molar-refractivity contribution < 1.29 is 9.53 Å². The second-order valence-corrected chi connectivity index (χ2v) is 5.76. The van der Waals surface area contributed by atoms with Gasteiger partial charge in [-0.25, -0.2) is 0 Å². The van der Waals surface area contributed by atoms with E-state index in [0.29, 0.717) is 6.54 Å². The molecule has 0 fully saturated rings. The molecule has 1 unspecified atom stereocenters. The maximum absolute atomic E-state index is 11.8. The van der Waals surface area contributed by atoms with Crippen molar-refractivity contribution in [3.8, 4) is 0 Å². The van der Waals surface area contributed by atoms with E-state index in [-0.39, 0.29) is 11.3 Å². The minimum atomic E-state index is -0.253. The summed E-state index contributed by atoms with van der Waals surface area (Å²) >= 11 is 0. The smallest absolute Gasteiger partial charge is 0.225 e. The molecule has 3 nitrogen and oxygen atoms in total. The van der Waals surface area contributed by atoms with E-state index < -0.39 is 0 Å². The highest BCUT2D eigenvalue weighted by Crippen LogP contribution is 2.19. The first-order chi connectivity index (χ1) is 8.44. The summed E-state index contributed by atoms with van der Waals surface area (Å²) in [6.07, 6.45) is 4.10. The van der Waals surface area contributed by atoms with Crippen molar-refractivity contribution in [1.29, 1.82) is 0 Å². The van der Waals surface area contributed by atoms with Crippen LogP contribution in [0.4, 0.5) is 0 Å². The molecule has 18 heavy (non-hydrogen) atoms. The SMILES string of the molecule is CCC(C)CCOCCCNC(=O)C(C)(C)CC. The van der Waals surface area contributed by atoms with Gasteiger partial charge in [0.1, 0.15) is 0 Å². The van der Waals surface area contributed by atoms with Crippen molar-refractivity contribution in [2.75, 3.05) is 19.8 Å². The third kappa shape index (κ3) is 7.70. The Morgan fingerprint density at radius 2 is 1.94 bits per heavy atom. The van der Waals surface area contributed by atoms with Crippen LogP contribution in [0.25, 0.3) is 0 Å². The van der Waals surface area contributed by atoms with E-state index in [4.69, 9.17) is 4.74 Å². The van der Waals surface area contributed by atoms with E-state index in [2.05, 4.69) is 19.2 Å². The molecule has 1 atom stereocenters. The fourth-order valence-corrected chi connectivity index (χ4v) is 1.37. The number of carbonyl (C=O) groups excluding carboxylic acids is 1. The van der Waals surface area contributed by atoms with Crippen LogP contribution in [-0.2, 0) is 9.53 Å². The number of nitrogens with one attached hydrogen (secondary N) is 1. The second kappa shape index (κ2) is 9.37. The molecule has 0 rings (SSSR count). The Balaban J connectivity index is 3.44. The maximum Gasteiger partial charge on any atom is 0.225 e. The van der Waals surface area contributed by atoms with Gasteiger partial charge in [-0.05, 0) is 25.2 Å². The fraction of sp³-hybridized carbons (Fsp3) is 0.933. The molecule has 0 aromatic carbocycles.